The number of hydrogen-bond donors (Lipinski definition) is 1. The summed E-state index contributed by atoms with van der Waals surface area (Å²) in [5, 5.41) is 8.88. The molecule has 0 aromatic carbocycles. The summed E-state index contributed by atoms with van der Waals surface area (Å²) in [4.78, 5) is 10.8. The Morgan fingerprint density at radius 1 is 1.00 bits per heavy atom. The highest BCUT2D eigenvalue weighted by Gasteiger charge is 2.42. The van der Waals surface area contributed by atoms with Gasteiger partial charge in [0.15, 0.2) is 27.1 Å². The summed E-state index contributed by atoms with van der Waals surface area (Å²) < 4.78 is 18.8. The van der Waals surface area contributed by atoms with Gasteiger partial charge in [0.1, 0.15) is 0 Å². The molecule has 0 unspecified atom stereocenters. The molecule has 130 valence electrons. The van der Waals surface area contributed by atoms with Crippen molar-refractivity contribution in [2.45, 2.75) is 65.1 Å². The molecule has 0 saturated heterocycles. The Morgan fingerprint density at radius 3 is 1.73 bits per heavy atom. The van der Waals surface area contributed by atoms with Gasteiger partial charge in [-0.25, -0.2) is 4.79 Å². The minimum absolute atomic E-state index is 0.393. The first-order valence-corrected chi connectivity index (χ1v) is 18.3. The normalized spacial score (nSPS) is 13.5. The molecule has 5 nitrogen and oxygen atoms in total. The molecular weight excluding hydrogens is 348 g/mol. The highest BCUT2D eigenvalue weighted by molar-refractivity contribution is 6.79. The Balaban J connectivity index is 4.88. The molecule has 0 aromatic heterocycles. The largest absolute Gasteiger partial charge is 0.478 e. The van der Waals surface area contributed by atoms with Crippen LogP contribution in [-0.4, -0.2) is 47.0 Å². The third-order valence-electron chi connectivity index (χ3n) is 2.72. The SMILES string of the molecule is CC(=CCCC[Si](O[SiH](C)C)(O[SiH](C)C)O[SiH](C)C)C(=O)O. The average molecular weight is 381 g/mol. The molecule has 1 N–H and O–H groups in total. The maximum atomic E-state index is 10.8. The number of hydrogen-bond acceptors (Lipinski definition) is 4. The molecule has 0 fully saturated rings. The molecule has 0 aromatic rings. The van der Waals surface area contributed by atoms with Gasteiger partial charge in [0, 0.05) is 11.6 Å². The van der Waals surface area contributed by atoms with E-state index in [1.165, 1.54) is 0 Å². The standard InChI is InChI=1S/C13H32O5Si4/c1-12(13(14)15)10-8-9-11-22(16-19(2)3,17-20(4)5)18-21(6)7/h10,19-21H,8-9,11H2,1-7H3,(H,14,15). The van der Waals surface area contributed by atoms with Crippen LogP contribution in [0.2, 0.25) is 45.3 Å². The summed E-state index contributed by atoms with van der Waals surface area (Å²) >= 11 is 0. The van der Waals surface area contributed by atoms with Crippen LogP contribution in [-0.2, 0) is 17.1 Å². The predicted molar refractivity (Wildman–Crippen MR) is 101 cm³/mol. The van der Waals surface area contributed by atoms with Gasteiger partial charge in [-0.2, -0.15) is 0 Å². The van der Waals surface area contributed by atoms with Gasteiger partial charge in [-0.15, -0.1) is 0 Å². The highest BCUT2D eigenvalue weighted by Crippen LogP contribution is 2.23. The third-order valence-corrected chi connectivity index (χ3v) is 13.7. The van der Waals surface area contributed by atoms with Crippen LogP contribution in [0, 0.1) is 0 Å². The van der Waals surface area contributed by atoms with Crippen LogP contribution < -0.4 is 0 Å². The molecule has 22 heavy (non-hydrogen) atoms. The van der Waals surface area contributed by atoms with E-state index in [4.69, 9.17) is 17.5 Å². The van der Waals surface area contributed by atoms with Crippen LogP contribution in [0.5, 0.6) is 0 Å². The second-order valence-electron chi connectivity index (χ2n) is 6.27. The second kappa shape index (κ2) is 10.7. The topological polar surface area (TPSA) is 65.0 Å². The first-order chi connectivity index (χ1) is 10.1. The smallest absolute Gasteiger partial charge is 0.468 e. The van der Waals surface area contributed by atoms with Crippen LogP contribution in [0.25, 0.3) is 0 Å². The van der Waals surface area contributed by atoms with Crippen LogP contribution in [0.4, 0.5) is 0 Å². The summed E-state index contributed by atoms with van der Waals surface area (Å²) in [7, 11) is -6.34. The van der Waals surface area contributed by atoms with Gasteiger partial charge >= 0.3 is 14.8 Å². The quantitative estimate of drug-likeness (QED) is 0.339. The number of unbranched alkanes of at least 4 members (excludes halogenated alkanes) is 1. The summed E-state index contributed by atoms with van der Waals surface area (Å²) in [6, 6.07) is 0.790. The Bertz CT molecular complexity index is 345. The van der Waals surface area contributed by atoms with E-state index >= 15 is 0 Å². The summed E-state index contributed by atoms with van der Waals surface area (Å²) in [5.74, 6) is -0.856. The molecule has 0 saturated carbocycles. The van der Waals surface area contributed by atoms with Crippen LogP contribution in [0.3, 0.4) is 0 Å². The molecule has 0 radical (unpaired) electrons. The Labute approximate surface area is 141 Å². The van der Waals surface area contributed by atoms with Gasteiger partial charge in [-0.1, -0.05) is 6.08 Å². The Morgan fingerprint density at radius 2 is 1.41 bits per heavy atom. The minimum Gasteiger partial charge on any atom is -0.478 e. The van der Waals surface area contributed by atoms with Gasteiger partial charge in [0.2, 0.25) is 0 Å². The first kappa shape index (κ1) is 22.0. The second-order valence-corrected chi connectivity index (χ2v) is 17.3. The fourth-order valence-electron chi connectivity index (χ4n) is 2.06. The number of carboxylic acid groups (broad SMARTS) is 1. The summed E-state index contributed by atoms with van der Waals surface area (Å²) in [5.41, 5.74) is 0.393. The van der Waals surface area contributed by atoms with E-state index in [1.807, 2.05) is 0 Å². The maximum Gasteiger partial charge on any atom is 0.468 e. The van der Waals surface area contributed by atoms with Gasteiger partial charge in [-0.05, 0) is 59.0 Å². The van der Waals surface area contributed by atoms with E-state index in [0.717, 1.165) is 18.9 Å². The van der Waals surface area contributed by atoms with E-state index in [0.29, 0.717) is 5.57 Å². The molecule has 0 heterocycles. The van der Waals surface area contributed by atoms with E-state index in [-0.39, 0.29) is 0 Å². The van der Waals surface area contributed by atoms with Crippen LogP contribution in [0.15, 0.2) is 11.6 Å². The van der Waals surface area contributed by atoms with Crippen molar-refractivity contribution in [3.8, 4) is 0 Å². The molecule has 0 aliphatic heterocycles. The lowest BCUT2D eigenvalue weighted by Gasteiger charge is -2.35. The van der Waals surface area contributed by atoms with E-state index in [1.54, 1.807) is 13.0 Å². The molecule has 0 amide bonds. The van der Waals surface area contributed by atoms with Crippen molar-refractivity contribution >= 4 is 41.9 Å². The van der Waals surface area contributed by atoms with Crippen molar-refractivity contribution in [2.24, 2.45) is 0 Å². The zero-order valence-electron chi connectivity index (χ0n) is 15.0. The monoisotopic (exact) mass is 380 g/mol. The van der Waals surface area contributed by atoms with Crippen molar-refractivity contribution in [2.75, 3.05) is 0 Å². The molecule has 0 atom stereocenters. The van der Waals surface area contributed by atoms with Crippen molar-refractivity contribution in [3.63, 3.8) is 0 Å². The molecule has 0 aliphatic carbocycles. The molecule has 9 heteroatoms. The number of carbonyl (C=O) groups is 1. The lowest BCUT2D eigenvalue weighted by atomic mass is 10.2. The minimum atomic E-state index is -2.58. The summed E-state index contributed by atoms with van der Waals surface area (Å²) in [6.45, 7) is 14.5. The highest BCUT2D eigenvalue weighted by atomic mass is 28.5. The fourth-order valence-corrected chi connectivity index (χ4v) is 14.9. The van der Waals surface area contributed by atoms with Crippen molar-refractivity contribution in [3.05, 3.63) is 11.6 Å². The summed E-state index contributed by atoms with van der Waals surface area (Å²) in [6.07, 6.45) is 3.34. The first-order valence-electron chi connectivity index (χ1n) is 8.01. The average Bonchev–Trinajstić information content (AvgIpc) is 2.31. The number of rotatable bonds is 11. The van der Waals surface area contributed by atoms with Crippen molar-refractivity contribution in [1.82, 2.24) is 0 Å². The Hall–Kier alpha value is -0.0425. The zero-order chi connectivity index (χ0) is 17.3. The maximum absolute atomic E-state index is 10.8. The number of carboxylic acids is 1. The van der Waals surface area contributed by atoms with E-state index in [9.17, 15) is 4.79 Å². The molecule has 0 rings (SSSR count). The predicted octanol–water partition coefficient (Wildman–Crippen LogP) is 2.74. The molecule has 0 spiro atoms. The van der Waals surface area contributed by atoms with E-state index in [2.05, 4.69) is 39.3 Å². The fraction of sp³-hybridized carbons (Fsp3) is 0.769. The van der Waals surface area contributed by atoms with Gasteiger partial charge in [-0.3, -0.25) is 0 Å². The Kier molecular flexibility index (Phi) is 10.7. The number of aliphatic carboxylic acids is 1. The van der Waals surface area contributed by atoms with Gasteiger partial charge in [0.05, 0.1) is 0 Å². The molecule has 0 bridgehead atoms. The van der Waals surface area contributed by atoms with Gasteiger partial charge in [0.25, 0.3) is 0 Å². The molecule has 0 aliphatic rings. The van der Waals surface area contributed by atoms with Crippen LogP contribution in [0.1, 0.15) is 19.8 Å². The zero-order valence-corrected chi connectivity index (χ0v) is 19.5. The lowest BCUT2D eigenvalue weighted by Crippen LogP contribution is -2.53. The van der Waals surface area contributed by atoms with Gasteiger partial charge < -0.3 is 17.5 Å². The van der Waals surface area contributed by atoms with Crippen molar-refractivity contribution in [1.29, 1.82) is 0 Å². The van der Waals surface area contributed by atoms with Crippen LogP contribution >= 0.6 is 0 Å². The van der Waals surface area contributed by atoms with E-state index < -0.39 is 41.9 Å². The third kappa shape index (κ3) is 9.87. The molecular formula is C13H32O5Si4. The van der Waals surface area contributed by atoms with Crippen molar-refractivity contribution < 1.29 is 22.2 Å². The number of allylic oxidation sites excluding steroid dienone is 1. The lowest BCUT2D eigenvalue weighted by molar-refractivity contribution is -0.132.